The third-order valence-corrected chi connectivity index (χ3v) is 2.50. The van der Waals surface area contributed by atoms with E-state index in [2.05, 4.69) is 10.6 Å². The highest BCUT2D eigenvalue weighted by molar-refractivity contribution is 6.02. The molecular formula is C12H18N4O4. The average molecular weight is 282 g/mol. The van der Waals surface area contributed by atoms with Crippen LogP contribution in [0.2, 0.25) is 0 Å². The molecule has 0 heterocycles. The van der Waals surface area contributed by atoms with Gasteiger partial charge < -0.3 is 32.3 Å². The van der Waals surface area contributed by atoms with Gasteiger partial charge >= 0.3 is 0 Å². The van der Waals surface area contributed by atoms with Crippen molar-refractivity contribution in [2.75, 3.05) is 26.2 Å². The van der Waals surface area contributed by atoms with E-state index in [0.717, 1.165) is 0 Å². The van der Waals surface area contributed by atoms with Crippen molar-refractivity contribution < 1.29 is 19.8 Å². The second-order valence-electron chi connectivity index (χ2n) is 3.95. The van der Waals surface area contributed by atoms with Crippen LogP contribution in [0.5, 0.6) is 11.5 Å². The van der Waals surface area contributed by atoms with E-state index < -0.39 is 23.3 Å². The van der Waals surface area contributed by atoms with Gasteiger partial charge in [-0.05, 0) is 12.1 Å². The summed E-state index contributed by atoms with van der Waals surface area (Å²) in [6, 6.07) is 2.50. The largest absolute Gasteiger partial charge is 0.504 e. The van der Waals surface area contributed by atoms with Gasteiger partial charge in [0.1, 0.15) is 0 Å². The van der Waals surface area contributed by atoms with Crippen LogP contribution in [-0.2, 0) is 0 Å². The predicted octanol–water partition coefficient (Wildman–Crippen LogP) is -1.53. The minimum Gasteiger partial charge on any atom is -0.504 e. The molecule has 0 aliphatic carbocycles. The number of phenolic OH excluding ortho intramolecular Hbond substituents is 2. The monoisotopic (exact) mass is 282 g/mol. The zero-order chi connectivity index (χ0) is 15.1. The first-order valence-corrected chi connectivity index (χ1v) is 6.04. The van der Waals surface area contributed by atoms with Crippen molar-refractivity contribution in [1.29, 1.82) is 0 Å². The Kier molecular flexibility index (Phi) is 5.75. The minimum absolute atomic E-state index is 0.133. The van der Waals surface area contributed by atoms with Gasteiger partial charge in [0.15, 0.2) is 11.5 Å². The molecule has 0 spiro atoms. The summed E-state index contributed by atoms with van der Waals surface area (Å²) in [5, 5.41) is 24.4. The number of phenols is 2. The number of carbonyl (C=O) groups excluding carboxylic acids is 2. The van der Waals surface area contributed by atoms with Crippen LogP contribution in [0.15, 0.2) is 12.1 Å². The fourth-order valence-corrected chi connectivity index (χ4v) is 1.51. The maximum atomic E-state index is 11.7. The summed E-state index contributed by atoms with van der Waals surface area (Å²) in [5.41, 5.74) is 10.2. The van der Waals surface area contributed by atoms with Crippen molar-refractivity contribution >= 4 is 11.8 Å². The van der Waals surface area contributed by atoms with Gasteiger partial charge in [0.05, 0.1) is 11.1 Å². The number of benzene rings is 1. The van der Waals surface area contributed by atoms with E-state index in [9.17, 15) is 19.8 Å². The number of aromatic hydroxyl groups is 2. The van der Waals surface area contributed by atoms with Gasteiger partial charge in [-0.1, -0.05) is 0 Å². The lowest BCUT2D eigenvalue weighted by Gasteiger charge is -2.10. The third-order valence-electron chi connectivity index (χ3n) is 2.50. The van der Waals surface area contributed by atoms with E-state index in [1.165, 1.54) is 12.1 Å². The summed E-state index contributed by atoms with van der Waals surface area (Å²) in [6.07, 6.45) is 0. The average Bonchev–Trinajstić information content (AvgIpc) is 2.44. The first-order valence-electron chi connectivity index (χ1n) is 6.04. The minimum atomic E-state index is -0.653. The van der Waals surface area contributed by atoms with Crippen LogP contribution in [0.4, 0.5) is 0 Å². The first kappa shape index (κ1) is 15.7. The van der Waals surface area contributed by atoms with Gasteiger partial charge in [-0.25, -0.2) is 0 Å². The standard InChI is InChI=1S/C12H18N4O4/c13-3-5-15-11(19)7-1-2-8(10(18)9(7)17)12(20)16-6-4-14/h1-2,17-18H,3-6,13-14H2,(H,15,19)(H,16,20). The second kappa shape index (κ2) is 7.31. The predicted molar refractivity (Wildman–Crippen MR) is 72.5 cm³/mol. The molecular weight excluding hydrogens is 264 g/mol. The highest BCUT2D eigenvalue weighted by Gasteiger charge is 2.20. The zero-order valence-electron chi connectivity index (χ0n) is 10.8. The number of rotatable bonds is 6. The summed E-state index contributed by atoms with van der Waals surface area (Å²) in [5.74, 6) is -2.48. The van der Waals surface area contributed by atoms with Crippen LogP contribution in [0, 0.1) is 0 Å². The summed E-state index contributed by atoms with van der Waals surface area (Å²) in [6.45, 7) is 0.964. The topological polar surface area (TPSA) is 151 Å². The molecule has 1 rings (SSSR count). The van der Waals surface area contributed by atoms with E-state index in [0.29, 0.717) is 0 Å². The lowest BCUT2D eigenvalue weighted by atomic mass is 10.1. The molecule has 1 aromatic rings. The summed E-state index contributed by atoms with van der Waals surface area (Å²) < 4.78 is 0. The van der Waals surface area contributed by atoms with Crippen LogP contribution in [0.25, 0.3) is 0 Å². The Hall–Kier alpha value is -2.32. The van der Waals surface area contributed by atoms with Crippen LogP contribution >= 0.6 is 0 Å². The summed E-state index contributed by atoms with van der Waals surface area (Å²) >= 11 is 0. The fourth-order valence-electron chi connectivity index (χ4n) is 1.51. The fraction of sp³-hybridized carbons (Fsp3) is 0.333. The molecule has 8 nitrogen and oxygen atoms in total. The molecule has 0 aliphatic rings. The summed E-state index contributed by atoms with van der Waals surface area (Å²) in [4.78, 5) is 23.3. The Labute approximate surface area is 115 Å². The molecule has 0 bridgehead atoms. The lowest BCUT2D eigenvalue weighted by Crippen LogP contribution is -2.30. The van der Waals surface area contributed by atoms with E-state index in [1.54, 1.807) is 0 Å². The molecule has 8 N–H and O–H groups in total. The molecule has 0 aliphatic heterocycles. The Morgan fingerprint density at radius 3 is 1.55 bits per heavy atom. The SMILES string of the molecule is NCCNC(=O)c1ccc(C(=O)NCCN)c(O)c1O. The quantitative estimate of drug-likeness (QED) is 0.348. The smallest absolute Gasteiger partial charge is 0.255 e. The van der Waals surface area contributed by atoms with Crippen LogP contribution < -0.4 is 22.1 Å². The first-order chi connectivity index (χ1) is 9.52. The molecule has 0 saturated carbocycles. The maximum absolute atomic E-state index is 11.7. The number of amides is 2. The van der Waals surface area contributed by atoms with Gasteiger partial charge in [0.25, 0.3) is 11.8 Å². The molecule has 110 valence electrons. The molecule has 0 fully saturated rings. The van der Waals surface area contributed by atoms with Crippen molar-refractivity contribution in [3.05, 3.63) is 23.3 Å². The van der Waals surface area contributed by atoms with Gasteiger partial charge in [-0.2, -0.15) is 0 Å². The Morgan fingerprint density at radius 2 is 1.25 bits per heavy atom. The Morgan fingerprint density at radius 1 is 0.900 bits per heavy atom. The van der Waals surface area contributed by atoms with Crippen LogP contribution in [0.3, 0.4) is 0 Å². The Bertz CT molecular complexity index is 459. The van der Waals surface area contributed by atoms with Crippen molar-refractivity contribution in [3.8, 4) is 11.5 Å². The highest BCUT2D eigenvalue weighted by Crippen LogP contribution is 2.32. The molecule has 1 aromatic carbocycles. The normalized spacial score (nSPS) is 10.1. The molecule has 0 unspecified atom stereocenters. The molecule has 0 atom stereocenters. The molecule has 0 radical (unpaired) electrons. The number of nitrogens with one attached hydrogen (secondary N) is 2. The van der Waals surface area contributed by atoms with Gasteiger partial charge in [0, 0.05) is 26.2 Å². The van der Waals surface area contributed by atoms with E-state index >= 15 is 0 Å². The van der Waals surface area contributed by atoms with E-state index in [4.69, 9.17) is 11.5 Å². The van der Waals surface area contributed by atoms with Crippen molar-refractivity contribution in [1.82, 2.24) is 10.6 Å². The molecule has 0 aromatic heterocycles. The molecule has 20 heavy (non-hydrogen) atoms. The maximum Gasteiger partial charge on any atom is 0.255 e. The van der Waals surface area contributed by atoms with Crippen molar-refractivity contribution in [2.24, 2.45) is 11.5 Å². The molecule has 8 heteroatoms. The Balaban J connectivity index is 2.97. The number of nitrogens with two attached hydrogens (primary N) is 2. The summed E-state index contributed by atoms with van der Waals surface area (Å²) in [7, 11) is 0. The van der Waals surface area contributed by atoms with Crippen molar-refractivity contribution in [3.63, 3.8) is 0 Å². The second-order valence-corrected chi connectivity index (χ2v) is 3.95. The van der Waals surface area contributed by atoms with Crippen LogP contribution in [-0.4, -0.2) is 48.2 Å². The third kappa shape index (κ3) is 3.59. The van der Waals surface area contributed by atoms with Gasteiger partial charge in [0.2, 0.25) is 0 Å². The van der Waals surface area contributed by atoms with E-state index in [1.807, 2.05) is 0 Å². The van der Waals surface area contributed by atoms with E-state index in [-0.39, 0.29) is 37.3 Å². The lowest BCUT2D eigenvalue weighted by molar-refractivity contribution is 0.0937. The van der Waals surface area contributed by atoms with Crippen molar-refractivity contribution in [2.45, 2.75) is 0 Å². The van der Waals surface area contributed by atoms with Gasteiger partial charge in [-0.15, -0.1) is 0 Å². The number of hydrogen-bond donors (Lipinski definition) is 6. The number of hydrogen-bond acceptors (Lipinski definition) is 6. The molecule has 2 amide bonds. The molecule has 0 saturated heterocycles. The number of carbonyl (C=O) groups is 2. The zero-order valence-corrected chi connectivity index (χ0v) is 10.8. The van der Waals surface area contributed by atoms with Crippen LogP contribution in [0.1, 0.15) is 20.7 Å². The van der Waals surface area contributed by atoms with Gasteiger partial charge in [-0.3, -0.25) is 9.59 Å². The highest BCUT2D eigenvalue weighted by atomic mass is 16.3.